The van der Waals surface area contributed by atoms with E-state index in [0.29, 0.717) is 5.56 Å². The number of nitrogens with one attached hydrogen (secondary N) is 2. The van der Waals surface area contributed by atoms with Crippen molar-refractivity contribution in [3.63, 3.8) is 0 Å². The fraction of sp³-hybridized carbons (Fsp3) is 0.333. The van der Waals surface area contributed by atoms with Crippen molar-refractivity contribution < 1.29 is 9.53 Å². The SMILES string of the molecule is CNC(=O)c1ccc(CCCNc2cc(-c3cnc4c(ccn4CC4CC4)c3)ncn2)c(OC)c1. The maximum absolute atomic E-state index is 11.9. The molecule has 2 N–H and O–H groups in total. The summed E-state index contributed by atoms with van der Waals surface area (Å²) in [5, 5.41) is 7.16. The van der Waals surface area contributed by atoms with Gasteiger partial charge in [0.1, 0.15) is 23.5 Å². The van der Waals surface area contributed by atoms with E-state index in [9.17, 15) is 4.79 Å². The van der Waals surface area contributed by atoms with Crippen molar-refractivity contribution in [3.8, 4) is 17.0 Å². The van der Waals surface area contributed by atoms with Crippen LogP contribution in [0.5, 0.6) is 5.75 Å². The molecule has 8 heteroatoms. The molecule has 0 atom stereocenters. The van der Waals surface area contributed by atoms with Gasteiger partial charge in [0.25, 0.3) is 5.91 Å². The third-order valence-corrected chi connectivity index (χ3v) is 6.42. The first kappa shape index (κ1) is 22.8. The van der Waals surface area contributed by atoms with Crippen LogP contribution in [0.25, 0.3) is 22.3 Å². The van der Waals surface area contributed by atoms with Gasteiger partial charge in [0.2, 0.25) is 0 Å². The summed E-state index contributed by atoms with van der Waals surface area (Å²) in [7, 11) is 3.25. The molecule has 4 aromatic rings. The van der Waals surface area contributed by atoms with Crippen molar-refractivity contribution in [2.45, 2.75) is 32.2 Å². The number of benzene rings is 1. The first-order valence-electron chi connectivity index (χ1n) is 12.0. The highest BCUT2D eigenvalue weighted by Gasteiger charge is 2.22. The molecule has 3 aromatic heterocycles. The Bertz CT molecular complexity index is 1340. The number of rotatable bonds is 10. The molecule has 0 bridgehead atoms. The number of fused-ring (bicyclic) bond motifs is 1. The quantitative estimate of drug-likeness (QED) is 0.335. The maximum atomic E-state index is 11.9. The number of aryl methyl sites for hydroxylation is 1. The predicted octanol–water partition coefficient (Wildman–Crippen LogP) is 4.32. The van der Waals surface area contributed by atoms with Crippen LogP contribution in [0.3, 0.4) is 0 Å². The highest BCUT2D eigenvalue weighted by atomic mass is 16.5. The lowest BCUT2D eigenvalue weighted by Gasteiger charge is -2.11. The van der Waals surface area contributed by atoms with Gasteiger partial charge in [-0.1, -0.05) is 6.07 Å². The standard InChI is InChI=1S/C27H30N6O2/c1-28-27(34)21-8-7-19(24(13-21)35-2)4-3-10-29-25-14-23(31-17-32-25)22-12-20-9-11-33(16-18-5-6-18)26(20)30-15-22/h7-9,11-15,17-18H,3-6,10,16H2,1-2H3,(H,28,34)(H,29,31,32). The zero-order valence-corrected chi connectivity index (χ0v) is 20.1. The molecule has 0 unspecified atom stereocenters. The van der Waals surface area contributed by atoms with E-state index in [1.165, 1.54) is 12.8 Å². The van der Waals surface area contributed by atoms with Gasteiger partial charge in [-0.05, 0) is 61.4 Å². The zero-order chi connectivity index (χ0) is 24.2. The van der Waals surface area contributed by atoms with Crippen molar-refractivity contribution in [1.29, 1.82) is 0 Å². The molecular weight excluding hydrogens is 440 g/mol. The van der Waals surface area contributed by atoms with Gasteiger partial charge in [-0.3, -0.25) is 4.79 Å². The van der Waals surface area contributed by atoms with Crippen LogP contribution >= 0.6 is 0 Å². The lowest BCUT2D eigenvalue weighted by Crippen LogP contribution is -2.17. The molecule has 1 aliphatic rings. The van der Waals surface area contributed by atoms with Gasteiger partial charge in [0.15, 0.2) is 0 Å². The molecule has 1 fully saturated rings. The van der Waals surface area contributed by atoms with Crippen LogP contribution in [0.1, 0.15) is 35.2 Å². The molecule has 1 amide bonds. The van der Waals surface area contributed by atoms with E-state index in [-0.39, 0.29) is 5.91 Å². The minimum Gasteiger partial charge on any atom is -0.496 e. The Kier molecular flexibility index (Phi) is 6.61. The van der Waals surface area contributed by atoms with Crippen LogP contribution in [0.4, 0.5) is 5.82 Å². The lowest BCUT2D eigenvalue weighted by molar-refractivity contribution is 0.0962. The van der Waals surface area contributed by atoms with Crippen molar-refractivity contribution in [1.82, 2.24) is 24.8 Å². The van der Waals surface area contributed by atoms with Crippen molar-refractivity contribution >= 4 is 22.8 Å². The van der Waals surface area contributed by atoms with Crippen LogP contribution in [-0.2, 0) is 13.0 Å². The highest BCUT2D eigenvalue weighted by Crippen LogP contribution is 2.32. The normalized spacial score (nSPS) is 13.1. The van der Waals surface area contributed by atoms with Gasteiger partial charge in [-0.15, -0.1) is 0 Å². The molecule has 0 aliphatic heterocycles. The minimum absolute atomic E-state index is 0.124. The second kappa shape index (κ2) is 10.1. The fourth-order valence-corrected chi connectivity index (χ4v) is 4.29. The summed E-state index contributed by atoms with van der Waals surface area (Å²) < 4.78 is 7.74. The van der Waals surface area contributed by atoms with Crippen LogP contribution in [0.15, 0.2) is 55.1 Å². The second-order valence-corrected chi connectivity index (χ2v) is 8.97. The van der Waals surface area contributed by atoms with Gasteiger partial charge >= 0.3 is 0 Å². The largest absolute Gasteiger partial charge is 0.496 e. The van der Waals surface area contributed by atoms with Crippen molar-refractivity contribution in [3.05, 3.63) is 66.2 Å². The van der Waals surface area contributed by atoms with Crippen LogP contribution in [-0.4, -0.2) is 46.1 Å². The number of anilines is 1. The van der Waals surface area contributed by atoms with E-state index < -0.39 is 0 Å². The van der Waals surface area contributed by atoms with E-state index in [1.807, 2.05) is 24.4 Å². The summed E-state index contributed by atoms with van der Waals surface area (Å²) >= 11 is 0. The summed E-state index contributed by atoms with van der Waals surface area (Å²) in [6, 6.07) is 11.8. The third-order valence-electron chi connectivity index (χ3n) is 6.42. The van der Waals surface area contributed by atoms with Crippen molar-refractivity contribution in [2.75, 3.05) is 26.0 Å². The summed E-state index contributed by atoms with van der Waals surface area (Å²) in [6.07, 6.45) is 9.97. The molecule has 5 rings (SSSR count). The molecule has 0 saturated heterocycles. The van der Waals surface area contributed by atoms with Crippen LogP contribution < -0.4 is 15.4 Å². The Hall–Kier alpha value is -3.94. The number of hydrogen-bond acceptors (Lipinski definition) is 6. The number of ether oxygens (including phenoxy) is 1. The molecule has 1 aromatic carbocycles. The third kappa shape index (κ3) is 5.26. The van der Waals surface area contributed by atoms with Crippen LogP contribution in [0.2, 0.25) is 0 Å². The van der Waals surface area contributed by atoms with Gasteiger partial charge in [-0.25, -0.2) is 15.0 Å². The smallest absolute Gasteiger partial charge is 0.251 e. The van der Waals surface area contributed by atoms with Crippen molar-refractivity contribution in [2.24, 2.45) is 5.92 Å². The molecule has 0 radical (unpaired) electrons. The number of nitrogens with zero attached hydrogens (tertiary/aromatic N) is 4. The first-order valence-corrected chi connectivity index (χ1v) is 12.0. The molecule has 1 aliphatic carbocycles. The number of methoxy groups -OCH3 is 1. The molecule has 8 nitrogen and oxygen atoms in total. The number of carbonyl (C=O) groups is 1. The average molecular weight is 471 g/mol. The van der Waals surface area contributed by atoms with E-state index in [4.69, 9.17) is 9.72 Å². The Morgan fingerprint density at radius 1 is 1.14 bits per heavy atom. The zero-order valence-electron chi connectivity index (χ0n) is 20.1. The Labute approximate surface area is 204 Å². The molecule has 180 valence electrons. The molecular formula is C27H30N6O2. The van der Waals surface area contributed by atoms with E-state index in [1.54, 1.807) is 26.6 Å². The van der Waals surface area contributed by atoms with Gasteiger partial charge in [0.05, 0.1) is 12.8 Å². The average Bonchev–Trinajstić information content (AvgIpc) is 3.64. The van der Waals surface area contributed by atoms with Gasteiger partial charge < -0.3 is 19.9 Å². The monoisotopic (exact) mass is 470 g/mol. The number of hydrogen-bond donors (Lipinski definition) is 2. The summed E-state index contributed by atoms with van der Waals surface area (Å²) in [4.78, 5) is 25.4. The number of amides is 1. The fourth-order valence-electron chi connectivity index (χ4n) is 4.29. The van der Waals surface area contributed by atoms with E-state index in [2.05, 4.69) is 43.5 Å². The summed E-state index contributed by atoms with van der Waals surface area (Å²) in [5.74, 6) is 2.19. The Morgan fingerprint density at radius 2 is 2.03 bits per heavy atom. The van der Waals surface area contributed by atoms with E-state index >= 15 is 0 Å². The Balaban J connectivity index is 1.20. The Morgan fingerprint density at radius 3 is 2.83 bits per heavy atom. The van der Waals surface area contributed by atoms with E-state index in [0.717, 1.165) is 71.3 Å². The maximum Gasteiger partial charge on any atom is 0.251 e. The number of carbonyl (C=O) groups excluding carboxylic acids is 1. The lowest BCUT2D eigenvalue weighted by atomic mass is 10.1. The highest BCUT2D eigenvalue weighted by molar-refractivity contribution is 5.94. The molecule has 35 heavy (non-hydrogen) atoms. The summed E-state index contributed by atoms with van der Waals surface area (Å²) in [5.41, 5.74) is 4.52. The molecule has 0 spiro atoms. The topological polar surface area (TPSA) is 94.0 Å². The summed E-state index contributed by atoms with van der Waals surface area (Å²) in [6.45, 7) is 1.81. The van der Waals surface area contributed by atoms with Crippen LogP contribution in [0, 0.1) is 5.92 Å². The minimum atomic E-state index is -0.124. The number of aromatic nitrogens is 4. The predicted molar refractivity (Wildman–Crippen MR) is 137 cm³/mol. The van der Waals surface area contributed by atoms with Gasteiger partial charge in [0, 0.05) is 55.1 Å². The molecule has 3 heterocycles. The second-order valence-electron chi connectivity index (χ2n) is 8.97. The molecule has 1 saturated carbocycles. The number of pyridine rings is 1. The first-order chi connectivity index (χ1) is 17.1. The van der Waals surface area contributed by atoms with Gasteiger partial charge in [-0.2, -0.15) is 0 Å².